The maximum atomic E-state index is 12.3. The van der Waals surface area contributed by atoms with Crippen LogP contribution in [0, 0.1) is 10.1 Å². The van der Waals surface area contributed by atoms with Crippen molar-refractivity contribution in [1.82, 2.24) is 4.90 Å². The second-order valence-corrected chi connectivity index (χ2v) is 5.25. The van der Waals surface area contributed by atoms with E-state index in [2.05, 4.69) is 0 Å². The number of nitro groups is 1. The standard InChI is InChI=1S/C15H9ClN2O4/c16-10-3-1-9(2-4-10)8-17-14(19)12-6-5-11(18(21)22)7-13(12)15(17)20/h1-7H,8H2. The summed E-state index contributed by atoms with van der Waals surface area (Å²) in [6.07, 6.45) is 0. The van der Waals surface area contributed by atoms with Gasteiger partial charge >= 0.3 is 0 Å². The zero-order chi connectivity index (χ0) is 15.9. The van der Waals surface area contributed by atoms with Crippen LogP contribution in [0.2, 0.25) is 5.02 Å². The van der Waals surface area contributed by atoms with Gasteiger partial charge in [0, 0.05) is 17.2 Å². The Balaban J connectivity index is 1.92. The first kappa shape index (κ1) is 14.2. The topological polar surface area (TPSA) is 80.5 Å². The average molecular weight is 317 g/mol. The van der Waals surface area contributed by atoms with Crippen LogP contribution in [0.4, 0.5) is 5.69 Å². The lowest BCUT2D eigenvalue weighted by molar-refractivity contribution is -0.384. The van der Waals surface area contributed by atoms with Gasteiger partial charge in [-0.1, -0.05) is 23.7 Å². The number of amides is 2. The molecule has 2 amide bonds. The summed E-state index contributed by atoms with van der Waals surface area (Å²) in [4.78, 5) is 35.8. The van der Waals surface area contributed by atoms with Gasteiger partial charge in [-0.05, 0) is 23.8 Å². The van der Waals surface area contributed by atoms with Gasteiger partial charge in [-0.15, -0.1) is 0 Å². The van der Waals surface area contributed by atoms with Crippen molar-refractivity contribution < 1.29 is 14.5 Å². The van der Waals surface area contributed by atoms with Gasteiger partial charge in [0.05, 0.1) is 22.6 Å². The molecule has 0 atom stereocenters. The molecule has 7 heteroatoms. The van der Waals surface area contributed by atoms with Crippen LogP contribution in [0.15, 0.2) is 42.5 Å². The highest BCUT2D eigenvalue weighted by Crippen LogP contribution is 2.28. The number of hydrogen-bond acceptors (Lipinski definition) is 4. The highest BCUT2D eigenvalue weighted by atomic mass is 35.5. The number of carbonyl (C=O) groups is 2. The Hall–Kier alpha value is -2.73. The number of carbonyl (C=O) groups excluding carboxylic acids is 2. The number of benzene rings is 2. The summed E-state index contributed by atoms with van der Waals surface area (Å²) in [5, 5.41) is 11.3. The minimum Gasteiger partial charge on any atom is -0.270 e. The number of nitrogens with zero attached hydrogens (tertiary/aromatic N) is 2. The molecule has 22 heavy (non-hydrogen) atoms. The Bertz CT molecular complexity index is 802. The van der Waals surface area contributed by atoms with Gasteiger partial charge in [0.1, 0.15) is 0 Å². The molecule has 0 radical (unpaired) electrons. The predicted octanol–water partition coefficient (Wildman–Crippen LogP) is 3.04. The molecule has 1 heterocycles. The van der Waals surface area contributed by atoms with Crippen molar-refractivity contribution in [2.24, 2.45) is 0 Å². The summed E-state index contributed by atoms with van der Waals surface area (Å²) in [5.74, 6) is -0.983. The van der Waals surface area contributed by atoms with E-state index in [1.807, 2.05) is 0 Å². The molecule has 1 aliphatic rings. The molecule has 2 aromatic rings. The zero-order valence-corrected chi connectivity index (χ0v) is 11.9. The smallest absolute Gasteiger partial charge is 0.270 e. The summed E-state index contributed by atoms with van der Waals surface area (Å²) in [6, 6.07) is 10.4. The number of non-ortho nitro benzene ring substituents is 1. The van der Waals surface area contributed by atoms with E-state index in [1.165, 1.54) is 12.1 Å². The number of fused-ring (bicyclic) bond motifs is 1. The van der Waals surface area contributed by atoms with E-state index < -0.39 is 16.7 Å². The Morgan fingerprint density at radius 3 is 2.27 bits per heavy atom. The van der Waals surface area contributed by atoms with Crippen molar-refractivity contribution >= 4 is 29.1 Å². The van der Waals surface area contributed by atoms with Gasteiger partial charge in [-0.25, -0.2) is 0 Å². The monoisotopic (exact) mass is 316 g/mol. The lowest BCUT2D eigenvalue weighted by Crippen LogP contribution is -2.29. The van der Waals surface area contributed by atoms with Gasteiger partial charge in [0.25, 0.3) is 17.5 Å². The van der Waals surface area contributed by atoms with Gasteiger partial charge in [0.15, 0.2) is 0 Å². The largest absolute Gasteiger partial charge is 0.270 e. The van der Waals surface area contributed by atoms with E-state index in [0.29, 0.717) is 5.02 Å². The Morgan fingerprint density at radius 1 is 1.00 bits per heavy atom. The Labute approximate surface area is 130 Å². The molecule has 0 spiro atoms. The molecule has 1 aliphatic heterocycles. The summed E-state index contributed by atoms with van der Waals surface area (Å²) < 4.78 is 0. The molecule has 3 rings (SSSR count). The molecule has 0 aliphatic carbocycles. The molecule has 0 fully saturated rings. The molecular formula is C15H9ClN2O4. The third-order valence-electron chi connectivity index (χ3n) is 3.42. The van der Waals surface area contributed by atoms with Crippen molar-refractivity contribution in [3.05, 3.63) is 74.3 Å². The van der Waals surface area contributed by atoms with E-state index >= 15 is 0 Å². The molecule has 110 valence electrons. The van der Waals surface area contributed by atoms with Crippen molar-refractivity contribution in [2.45, 2.75) is 6.54 Å². The molecule has 0 saturated carbocycles. The maximum absolute atomic E-state index is 12.3. The van der Waals surface area contributed by atoms with Gasteiger partial charge < -0.3 is 0 Å². The fourth-order valence-corrected chi connectivity index (χ4v) is 2.43. The number of nitro benzene ring substituents is 1. The molecule has 0 unspecified atom stereocenters. The number of rotatable bonds is 3. The number of imide groups is 1. The highest BCUT2D eigenvalue weighted by molar-refractivity contribution is 6.30. The highest BCUT2D eigenvalue weighted by Gasteiger charge is 2.36. The van der Waals surface area contributed by atoms with Crippen molar-refractivity contribution in [2.75, 3.05) is 0 Å². The average Bonchev–Trinajstić information content (AvgIpc) is 2.74. The summed E-state index contributed by atoms with van der Waals surface area (Å²) in [7, 11) is 0. The molecule has 0 aromatic heterocycles. The van der Waals surface area contributed by atoms with Gasteiger partial charge in [-0.2, -0.15) is 0 Å². The van der Waals surface area contributed by atoms with Crippen LogP contribution in [0.5, 0.6) is 0 Å². The van der Waals surface area contributed by atoms with Crippen LogP contribution in [0.25, 0.3) is 0 Å². The molecular weight excluding hydrogens is 308 g/mol. The first-order chi connectivity index (χ1) is 10.5. The lowest BCUT2D eigenvalue weighted by Gasteiger charge is -2.13. The second-order valence-electron chi connectivity index (χ2n) is 4.81. The maximum Gasteiger partial charge on any atom is 0.270 e. The molecule has 2 aromatic carbocycles. The van der Waals surface area contributed by atoms with Gasteiger partial charge in [-0.3, -0.25) is 24.6 Å². The summed E-state index contributed by atoms with van der Waals surface area (Å²) in [6.45, 7) is 0.0946. The summed E-state index contributed by atoms with van der Waals surface area (Å²) >= 11 is 5.79. The Kier molecular flexibility index (Phi) is 3.38. The quantitative estimate of drug-likeness (QED) is 0.495. The van der Waals surface area contributed by atoms with E-state index in [-0.39, 0.29) is 23.4 Å². The van der Waals surface area contributed by atoms with Crippen LogP contribution in [0.3, 0.4) is 0 Å². The zero-order valence-electron chi connectivity index (χ0n) is 11.2. The third-order valence-corrected chi connectivity index (χ3v) is 3.67. The molecule has 0 bridgehead atoms. The lowest BCUT2D eigenvalue weighted by atomic mass is 10.1. The fraction of sp³-hybridized carbons (Fsp3) is 0.0667. The number of halogens is 1. The Morgan fingerprint density at radius 2 is 1.64 bits per heavy atom. The van der Waals surface area contributed by atoms with E-state index in [0.717, 1.165) is 16.5 Å². The molecule has 0 N–H and O–H groups in total. The third kappa shape index (κ3) is 2.33. The van der Waals surface area contributed by atoms with Crippen LogP contribution in [-0.2, 0) is 6.54 Å². The van der Waals surface area contributed by atoms with Crippen molar-refractivity contribution in [3.63, 3.8) is 0 Å². The molecule has 6 nitrogen and oxygen atoms in total. The van der Waals surface area contributed by atoms with E-state index in [1.54, 1.807) is 24.3 Å². The SMILES string of the molecule is O=C1c2ccc([N+](=O)[O-])cc2C(=O)N1Cc1ccc(Cl)cc1. The molecule has 0 saturated heterocycles. The first-order valence-electron chi connectivity index (χ1n) is 6.36. The van der Waals surface area contributed by atoms with Crippen LogP contribution < -0.4 is 0 Å². The van der Waals surface area contributed by atoms with Crippen LogP contribution in [-0.4, -0.2) is 21.6 Å². The fourth-order valence-electron chi connectivity index (χ4n) is 2.31. The minimum atomic E-state index is -0.597. The summed E-state index contributed by atoms with van der Waals surface area (Å²) in [5.41, 5.74) is 0.777. The number of hydrogen-bond donors (Lipinski definition) is 0. The van der Waals surface area contributed by atoms with Crippen LogP contribution >= 0.6 is 11.6 Å². The first-order valence-corrected chi connectivity index (χ1v) is 6.74. The van der Waals surface area contributed by atoms with Crippen LogP contribution in [0.1, 0.15) is 26.3 Å². The second kappa shape index (κ2) is 5.23. The van der Waals surface area contributed by atoms with E-state index in [9.17, 15) is 19.7 Å². The normalized spacial score (nSPS) is 13.4. The predicted molar refractivity (Wildman–Crippen MR) is 78.8 cm³/mol. The minimum absolute atomic E-state index is 0.0631. The van der Waals surface area contributed by atoms with E-state index in [4.69, 9.17) is 11.6 Å². The van der Waals surface area contributed by atoms with Crippen molar-refractivity contribution in [3.8, 4) is 0 Å². The van der Waals surface area contributed by atoms with Crippen molar-refractivity contribution in [1.29, 1.82) is 0 Å². The van der Waals surface area contributed by atoms with Gasteiger partial charge in [0.2, 0.25) is 0 Å².